The molecule has 5 heterocycles. The van der Waals surface area contributed by atoms with E-state index in [-0.39, 0.29) is 23.8 Å². The molecule has 200 valence electrons. The van der Waals surface area contributed by atoms with Crippen molar-refractivity contribution in [2.24, 2.45) is 5.92 Å². The van der Waals surface area contributed by atoms with E-state index >= 15 is 0 Å². The number of carbonyl (C=O) groups is 1. The first-order valence-electron chi connectivity index (χ1n) is 12.9. The quantitative estimate of drug-likeness (QED) is 0.600. The lowest BCUT2D eigenvalue weighted by Gasteiger charge is -2.44. The van der Waals surface area contributed by atoms with Crippen LogP contribution >= 0.6 is 0 Å². The van der Waals surface area contributed by atoms with Crippen LogP contribution in [0, 0.1) is 17.2 Å². The molecule has 6 rings (SSSR count). The summed E-state index contributed by atoms with van der Waals surface area (Å²) < 4.78 is 44.5. The third kappa shape index (κ3) is 4.04. The van der Waals surface area contributed by atoms with Crippen molar-refractivity contribution in [2.45, 2.75) is 56.3 Å². The summed E-state index contributed by atoms with van der Waals surface area (Å²) in [6, 6.07) is 5.39. The van der Waals surface area contributed by atoms with Crippen LogP contribution in [0.25, 0.3) is 0 Å². The number of amides is 1. The molecule has 1 aliphatic carbocycles. The maximum atomic E-state index is 13.1. The molecule has 38 heavy (non-hydrogen) atoms. The SMILES string of the molecule is CC1CN(c2ncnc3c2C2(CCC2)CN3c2cc(C#N)ccn2)CCN1C(=O)C1CC(C(F)(F)F)CO1. The second kappa shape index (κ2) is 9.08. The van der Waals surface area contributed by atoms with Gasteiger partial charge in [-0.2, -0.15) is 18.4 Å². The van der Waals surface area contributed by atoms with E-state index in [1.54, 1.807) is 29.6 Å². The minimum Gasteiger partial charge on any atom is -0.368 e. The van der Waals surface area contributed by atoms with Gasteiger partial charge in [0.2, 0.25) is 0 Å². The summed E-state index contributed by atoms with van der Waals surface area (Å²) >= 11 is 0. The summed E-state index contributed by atoms with van der Waals surface area (Å²) in [6.45, 7) is 3.54. The first-order valence-corrected chi connectivity index (χ1v) is 12.9. The molecule has 2 aromatic rings. The Morgan fingerprint density at radius 2 is 2.00 bits per heavy atom. The van der Waals surface area contributed by atoms with Gasteiger partial charge in [-0.05, 0) is 38.3 Å². The Bertz CT molecular complexity index is 1290. The number of nitriles is 1. The highest BCUT2D eigenvalue weighted by Crippen LogP contribution is 2.56. The Morgan fingerprint density at radius 1 is 1.21 bits per heavy atom. The van der Waals surface area contributed by atoms with E-state index in [9.17, 15) is 23.2 Å². The number of anilines is 3. The smallest absolute Gasteiger partial charge is 0.368 e. The van der Waals surface area contributed by atoms with Crippen LogP contribution in [-0.4, -0.2) is 76.9 Å². The molecule has 12 heteroatoms. The number of pyridine rings is 1. The molecule has 3 fully saturated rings. The highest BCUT2D eigenvalue weighted by atomic mass is 19.4. The number of hydrogen-bond donors (Lipinski definition) is 0. The maximum absolute atomic E-state index is 13.1. The van der Waals surface area contributed by atoms with Crippen LogP contribution in [-0.2, 0) is 14.9 Å². The molecule has 1 spiro atoms. The Hall–Kier alpha value is -3.46. The Kier molecular flexibility index (Phi) is 5.94. The molecular weight excluding hydrogens is 499 g/mol. The lowest BCUT2D eigenvalue weighted by Crippen LogP contribution is -2.57. The number of hydrogen-bond acceptors (Lipinski definition) is 8. The molecule has 0 N–H and O–H groups in total. The van der Waals surface area contributed by atoms with E-state index in [0.29, 0.717) is 37.6 Å². The van der Waals surface area contributed by atoms with Gasteiger partial charge < -0.3 is 19.4 Å². The van der Waals surface area contributed by atoms with Gasteiger partial charge in [0.1, 0.15) is 29.9 Å². The zero-order valence-electron chi connectivity index (χ0n) is 21.0. The molecule has 1 amide bonds. The van der Waals surface area contributed by atoms with Crippen molar-refractivity contribution in [3.63, 3.8) is 0 Å². The number of carbonyl (C=O) groups excluding carboxylic acids is 1. The normalized spacial score (nSPS) is 26.3. The zero-order valence-corrected chi connectivity index (χ0v) is 21.0. The number of piperazine rings is 1. The fourth-order valence-electron chi connectivity index (χ4n) is 6.27. The van der Waals surface area contributed by atoms with Crippen molar-refractivity contribution in [1.29, 1.82) is 5.26 Å². The van der Waals surface area contributed by atoms with Crippen molar-refractivity contribution in [1.82, 2.24) is 19.9 Å². The summed E-state index contributed by atoms with van der Waals surface area (Å²) in [6.07, 6.45) is 0.541. The summed E-state index contributed by atoms with van der Waals surface area (Å²) in [5.74, 6) is 0.336. The van der Waals surface area contributed by atoms with Gasteiger partial charge in [-0.1, -0.05) is 6.42 Å². The molecule has 2 aromatic heterocycles. The van der Waals surface area contributed by atoms with E-state index in [2.05, 4.69) is 25.8 Å². The Labute approximate surface area is 218 Å². The lowest BCUT2D eigenvalue weighted by molar-refractivity contribution is -0.173. The van der Waals surface area contributed by atoms with Gasteiger partial charge in [0.15, 0.2) is 0 Å². The van der Waals surface area contributed by atoms with Crippen molar-refractivity contribution >= 4 is 23.4 Å². The summed E-state index contributed by atoms with van der Waals surface area (Å²) in [5, 5.41) is 9.36. The van der Waals surface area contributed by atoms with Gasteiger partial charge in [0.05, 0.1) is 24.2 Å². The second-order valence-corrected chi connectivity index (χ2v) is 10.8. The minimum atomic E-state index is -4.36. The van der Waals surface area contributed by atoms with E-state index in [0.717, 1.165) is 36.5 Å². The van der Waals surface area contributed by atoms with Gasteiger partial charge in [0.25, 0.3) is 5.91 Å². The topological polar surface area (TPSA) is 98.5 Å². The van der Waals surface area contributed by atoms with Gasteiger partial charge >= 0.3 is 6.18 Å². The molecular formula is C26H28F3N7O2. The molecule has 0 bridgehead atoms. The first-order chi connectivity index (χ1) is 18.2. The second-order valence-electron chi connectivity index (χ2n) is 10.8. The molecule has 2 saturated heterocycles. The molecule has 9 nitrogen and oxygen atoms in total. The molecule has 4 aliphatic rings. The van der Waals surface area contributed by atoms with Gasteiger partial charge in [-0.3, -0.25) is 4.79 Å². The van der Waals surface area contributed by atoms with Gasteiger partial charge in [-0.15, -0.1) is 0 Å². The number of aromatic nitrogens is 3. The van der Waals surface area contributed by atoms with Gasteiger partial charge in [-0.25, -0.2) is 15.0 Å². The van der Waals surface area contributed by atoms with Crippen molar-refractivity contribution < 1.29 is 22.7 Å². The third-order valence-corrected chi connectivity index (χ3v) is 8.46. The van der Waals surface area contributed by atoms with Crippen LogP contribution in [0.4, 0.5) is 30.6 Å². The van der Waals surface area contributed by atoms with Crippen LogP contribution in [0.5, 0.6) is 0 Å². The monoisotopic (exact) mass is 527 g/mol. The highest BCUT2D eigenvalue weighted by molar-refractivity contribution is 5.82. The Morgan fingerprint density at radius 3 is 2.66 bits per heavy atom. The third-order valence-electron chi connectivity index (χ3n) is 8.46. The number of alkyl halides is 3. The largest absolute Gasteiger partial charge is 0.394 e. The predicted molar refractivity (Wildman–Crippen MR) is 131 cm³/mol. The van der Waals surface area contributed by atoms with E-state index in [1.165, 1.54) is 0 Å². The van der Waals surface area contributed by atoms with Gasteiger partial charge in [0, 0.05) is 49.4 Å². The molecule has 0 aromatic carbocycles. The average Bonchev–Trinajstić information content (AvgIpc) is 3.52. The highest BCUT2D eigenvalue weighted by Gasteiger charge is 2.52. The van der Waals surface area contributed by atoms with Crippen molar-refractivity contribution in [2.75, 3.05) is 42.6 Å². The van der Waals surface area contributed by atoms with Crippen LogP contribution < -0.4 is 9.80 Å². The summed E-state index contributed by atoms with van der Waals surface area (Å²) in [5.41, 5.74) is 1.51. The van der Waals surface area contributed by atoms with Crippen molar-refractivity contribution in [3.8, 4) is 6.07 Å². The molecule has 0 radical (unpaired) electrons. The standard InChI is InChI=1S/C26H28F3N7O2/c1-16-12-34(7-8-35(16)24(37)19-10-18(13-38-19)26(27,28)29)22-21-23(33-15-32-22)36(14-25(21)4-2-5-25)20-9-17(11-30)3-6-31-20/h3,6,9,15-16,18-19H,2,4-5,7-8,10,12-14H2,1H3. The molecule has 3 aliphatic heterocycles. The minimum absolute atomic E-state index is 0.100. The van der Waals surface area contributed by atoms with Crippen LogP contribution in [0.2, 0.25) is 0 Å². The fraction of sp³-hybridized carbons (Fsp3) is 0.577. The maximum Gasteiger partial charge on any atom is 0.394 e. The van der Waals surface area contributed by atoms with Crippen LogP contribution in [0.3, 0.4) is 0 Å². The van der Waals surface area contributed by atoms with E-state index < -0.39 is 24.8 Å². The Balaban J connectivity index is 1.23. The van der Waals surface area contributed by atoms with Crippen molar-refractivity contribution in [3.05, 3.63) is 35.8 Å². The number of nitrogens with zero attached hydrogens (tertiary/aromatic N) is 7. The molecule has 1 saturated carbocycles. The number of rotatable bonds is 3. The zero-order chi connectivity index (χ0) is 26.7. The number of halogens is 3. The molecule has 3 atom stereocenters. The first kappa shape index (κ1) is 24.9. The average molecular weight is 528 g/mol. The van der Waals surface area contributed by atoms with E-state index in [4.69, 9.17) is 9.72 Å². The van der Waals surface area contributed by atoms with Crippen LogP contribution in [0.1, 0.15) is 43.7 Å². The predicted octanol–water partition coefficient (Wildman–Crippen LogP) is 3.32. The lowest BCUT2D eigenvalue weighted by atomic mass is 9.66. The summed E-state index contributed by atoms with van der Waals surface area (Å²) in [4.78, 5) is 32.8. The number of fused-ring (bicyclic) bond motifs is 2. The van der Waals surface area contributed by atoms with Crippen LogP contribution in [0.15, 0.2) is 24.7 Å². The molecule has 3 unspecified atom stereocenters. The van der Waals surface area contributed by atoms with E-state index in [1.807, 2.05) is 6.92 Å². The summed E-state index contributed by atoms with van der Waals surface area (Å²) in [7, 11) is 0. The fourth-order valence-corrected chi connectivity index (χ4v) is 6.27. The number of ether oxygens (including phenoxy) is 1.